The summed E-state index contributed by atoms with van der Waals surface area (Å²) in [4.78, 5) is 28.0. The van der Waals surface area contributed by atoms with Crippen LogP contribution in [-0.2, 0) is 10.2 Å². The summed E-state index contributed by atoms with van der Waals surface area (Å²) in [5.74, 6) is -0.527. The largest absolute Gasteiger partial charge is 0.324 e. The average Bonchev–Trinajstić information content (AvgIpc) is 2.59. The monoisotopic (exact) mass is 352 g/mol. The van der Waals surface area contributed by atoms with Crippen LogP contribution in [0.1, 0.15) is 50.0 Å². The van der Waals surface area contributed by atoms with Crippen LogP contribution in [0.25, 0.3) is 0 Å². The third kappa shape index (κ3) is 5.81. The standard InChI is InChI=1S/C20H24N4O2/c1-14(12-18(25)22-17-6-5-11-21-13-17)23-24-19(26)15-7-9-16(10-8-15)20(2,3)4/h5-11,13H,12H2,1-4H3,(H,22,25)(H,24,26)/b23-14+. The molecule has 26 heavy (non-hydrogen) atoms. The molecular formula is C20H24N4O2. The Morgan fingerprint density at radius 2 is 1.81 bits per heavy atom. The van der Waals surface area contributed by atoms with E-state index in [1.165, 1.54) is 0 Å². The fourth-order valence-corrected chi connectivity index (χ4v) is 2.25. The maximum atomic E-state index is 12.2. The Hall–Kier alpha value is -3.02. The molecule has 0 atom stereocenters. The predicted octanol–water partition coefficient (Wildman–Crippen LogP) is 3.51. The van der Waals surface area contributed by atoms with Gasteiger partial charge >= 0.3 is 0 Å². The van der Waals surface area contributed by atoms with E-state index in [0.717, 1.165) is 5.56 Å². The summed E-state index contributed by atoms with van der Waals surface area (Å²) < 4.78 is 0. The summed E-state index contributed by atoms with van der Waals surface area (Å²) in [6, 6.07) is 10.9. The third-order valence-corrected chi connectivity index (χ3v) is 3.72. The summed E-state index contributed by atoms with van der Waals surface area (Å²) in [5.41, 5.74) is 5.32. The van der Waals surface area contributed by atoms with Gasteiger partial charge in [0, 0.05) is 17.5 Å². The van der Waals surface area contributed by atoms with Crippen LogP contribution in [0.3, 0.4) is 0 Å². The van der Waals surface area contributed by atoms with Crippen molar-refractivity contribution in [3.8, 4) is 0 Å². The summed E-state index contributed by atoms with van der Waals surface area (Å²) in [5, 5.41) is 6.71. The molecule has 2 aromatic rings. The first-order valence-corrected chi connectivity index (χ1v) is 8.39. The SMILES string of the molecule is C/C(CC(=O)Nc1cccnc1)=N\NC(=O)c1ccc(C(C)(C)C)cc1. The molecule has 1 aromatic carbocycles. The smallest absolute Gasteiger partial charge is 0.271 e. The van der Waals surface area contributed by atoms with E-state index in [9.17, 15) is 9.59 Å². The Labute approximate surface area is 153 Å². The Bertz CT molecular complexity index is 791. The fourth-order valence-electron chi connectivity index (χ4n) is 2.25. The highest BCUT2D eigenvalue weighted by Gasteiger charge is 2.14. The molecule has 0 radical (unpaired) electrons. The topological polar surface area (TPSA) is 83.4 Å². The highest BCUT2D eigenvalue weighted by Crippen LogP contribution is 2.22. The van der Waals surface area contributed by atoms with Gasteiger partial charge in [-0.1, -0.05) is 32.9 Å². The van der Waals surface area contributed by atoms with Gasteiger partial charge in [0.05, 0.1) is 18.3 Å². The second-order valence-electron chi connectivity index (χ2n) is 7.08. The second-order valence-corrected chi connectivity index (χ2v) is 7.08. The van der Waals surface area contributed by atoms with E-state index in [2.05, 4.69) is 41.6 Å². The van der Waals surface area contributed by atoms with E-state index in [-0.39, 0.29) is 23.7 Å². The molecule has 2 N–H and O–H groups in total. The van der Waals surface area contributed by atoms with Crippen LogP contribution >= 0.6 is 0 Å². The Morgan fingerprint density at radius 3 is 2.38 bits per heavy atom. The molecule has 0 saturated heterocycles. The van der Waals surface area contributed by atoms with Gasteiger partial charge in [-0.25, -0.2) is 5.43 Å². The number of aromatic nitrogens is 1. The maximum Gasteiger partial charge on any atom is 0.271 e. The molecular weight excluding hydrogens is 328 g/mol. The van der Waals surface area contributed by atoms with Gasteiger partial charge in [-0.2, -0.15) is 5.10 Å². The molecule has 0 fully saturated rings. The van der Waals surface area contributed by atoms with Gasteiger partial charge in [-0.3, -0.25) is 14.6 Å². The average molecular weight is 352 g/mol. The normalized spacial score (nSPS) is 11.8. The summed E-state index contributed by atoms with van der Waals surface area (Å²) in [7, 11) is 0. The number of hydrazone groups is 1. The minimum absolute atomic E-state index is 0.0331. The number of nitrogens with one attached hydrogen (secondary N) is 2. The molecule has 0 bridgehead atoms. The van der Waals surface area contributed by atoms with Gasteiger partial charge in [-0.15, -0.1) is 0 Å². The molecule has 0 aliphatic carbocycles. The molecule has 0 aliphatic rings. The van der Waals surface area contributed by atoms with Crippen molar-refractivity contribution in [1.82, 2.24) is 10.4 Å². The summed E-state index contributed by atoms with van der Waals surface area (Å²) in [6.07, 6.45) is 3.28. The molecule has 2 rings (SSSR count). The zero-order chi connectivity index (χ0) is 19.2. The van der Waals surface area contributed by atoms with Crippen molar-refractivity contribution in [3.63, 3.8) is 0 Å². The maximum absolute atomic E-state index is 12.2. The number of rotatable bonds is 5. The molecule has 0 spiro atoms. The zero-order valence-electron chi connectivity index (χ0n) is 15.5. The Kier molecular flexibility index (Phi) is 6.22. The molecule has 0 saturated carbocycles. The van der Waals surface area contributed by atoms with Crippen molar-refractivity contribution in [1.29, 1.82) is 0 Å². The quantitative estimate of drug-likeness (QED) is 0.638. The number of carbonyl (C=O) groups is 2. The van der Waals surface area contributed by atoms with Crippen LogP contribution in [0.5, 0.6) is 0 Å². The van der Waals surface area contributed by atoms with Crippen LogP contribution in [0.2, 0.25) is 0 Å². The van der Waals surface area contributed by atoms with Crippen LogP contribution in [0, 0.1) is 0 Å². The first kappa shape index (κ1) is 19.3. The van der Waals surface area contributed by atoms with Gasteiger partial charge in [0.25, 0.3) is 5.91 Å². The second kappa shape index (κ2) is 8.38. The minimum atomic E-state index is -0.308. The highest BCUT2D eigenvalue weighted by molar-refractivity contribution is 6.06. The molecule has 1 heterocycles. The van der Waals surface area contributed by atoms with Crippen LogP contribution < -0.4 is 10.7 Å². The Balaban J connectivity index is 1.89. The van der Waals surface area contributed by atoms with Gasteiger partial charge < -0.3 is 5.32 Å². The molecule has 6 nitrogen and oxygen atoms in total. The van der Waals surface area contributed by atoms with Crippen molar-refractivity contribution >= 4 is 23.2 Å². The number of hydrogen-bond donors (Lipinski definition) is 2. The molecule has 6 heteroatoms. The van der Waals surface area contributed by atoms with E-state index in [4.69, 9.17) is 0 Å². The number of anilines is 1. The number of hydrogen-bond acceptors (Lipinski definition) is 4. The molecule has 136 valence electrons. The van der Waals surface area contributed by atoms with Gasteiger partial charge in [-0.05, 0) is 42.2 Å². The number of nitrogens with zero attached hydrogens (tertiary/aromatic N) is 2. The minimum Gasteiger partial charge on any atom is -0.324 e. The van der Waals surface area contributed by atoms with Crippen molar-refractivity contribution in [3.05, 3.63) is 59.9 Å². The van der Waals surface area contributed by atoms with Crippen LogP contribution in [0.4, 0.5) is 5.69 Å². The molecule has 0 unspecified atom stereocenters. The van der Waals surface area contributed by atoms with E-state index in [0.29, 0.717) is 17.0 Å². The van der Waals surface area contributed by atoms with Gasteiger partial charge in [0.1, 0.15) is 0 Å². The number of carbonyl (C=O) groups excluding carboxylic acids is 2. The molecule has 0 aliphatic heterocycles. The first-order chi connectivity index (χ1) is 12.3. The lowest BCUT2D eigenvalue weighted by Crippen LogP contribution is -2.21. The highest BCUT2D eigenvalue weighted by atomic mass is 16.2. The van der Waals surface area contributed by atoms with Crippen molar-refractivity contribution in [2.45, 2.75) is 39.5 Å². The molecule has 2 amide bonds. The third-order valence-electron chi connectivity index (χ3n) is 3.72. The summed E-state index contributed by atoms with van der Waals surface area (Å²) >= 11 is 0. The van der Waals surface area contributed by atoms with Crippen molar-refractivity contribution < 1.29 is 9.59 Å². The van der Waals surface area contributed by atoms with Gasteiger partial charge in [0.15, 0.2) is 0 Å². The van der Waals surface area contributed by atoms with Gasteiger partial charge in [0.2, 0.25) is 5.91 Å². The summed E-state index contributed by atoms with van der Waals surface area (Å²) in [6.45, 7) is 8.04. The zero-order valence-corrected chi connectivity index (χ0v) is 15.5. The van der Waals surface area contributed by atoms with Crippen LogP contribution in [-0.4, -0.2) is 22.5 Å². The van der Waals surface area contributed by atoms with Crippen molar-refractivity contribution in [2.24, 2.45) is 5.10 Å². The Morgan fingerprint density at radius 1 is 1.12 bits per heavy atom. The number of benzene rings is 1. The number of pyridine rings is 1. The number of amides is 2. The first-order valence-electron chi connectivity index (χ1n) is 8.39. The molecule has 1 aromatic heterocycles. The lowest BCUT2D eigenvalue weighted by Gasteiger charge is -2.18. The lowest BCUT2D eigenvalue weighted by molar-refractivity contribution is -0.115. The van der Waals surface area contributed by atoms with E-state index in [1.54, 1.807) is 43.6 Å². The van der Waals surface area contributed by atoms with Crippen LogP contribution in [0.15, 0.2) is 53.9 Å². The van der Waals surface area contributed by atoms with E-state index < -0.39 is 0 Å². The van der Waals surface area contributed by atoms with E-state index >= 15 is 0 Å². The predicted molar refractivity (Wildman–Crippen MR) is 103 cm³/mol. The fraction of sp³-hybridized carbons (Fsp3) is 0.300. The van der Waals surface area contributed by atoms with Crippen molar-refractivity contribution in [2.75, 3.05) is 5.32 Å². The van der Waals surface area contributed by atoms with E-state index in [1.807, 2.05) is 12.1 Å². The lowest BCUT2D eigenvalue weighted by atomic mass is 9.87.